The van der Waals surface area contributed by atoms with Crippen molar-refractivity contribution in [2.75, 3.05) is 20.8 Å². The van der Waals surface area contributed by atoms with Gasteiger partial charge in [0, 0.05) is 6.54 Å². The first-order valence-corrected chi connectivity index (χ1v) is 9.92. The molecule has 0 saturated carbocycles. The van der Waals surface area contributed by atoms with Crippen molar-refractivity contribution in [2.24, 2.45) is 0 Å². The summed E-state index contributed by atoms with van der Waals surface area (Å²) in [7, 11) is -0.949. The number of esters is 1. The smallest absolute Gasteiger partial charge is 0.335 e. The normalized spacial score (nSPS) is 17.9. The van der Waals surface area contributed by atoms with Gasteiger partial charge in [-0.2, -0.15) is 4.31 Å². The molecule has 0 amide bonds. The van der Waals surface area contributed by atoms with E-state index < -0.39 is 22.0 Å². The Morgan fingerprint density at radius 3 is 2.30 bits per heavy atom. The lowest BCUT2D eigenvalue weighted by molar-refractivity contribution is -0.136. The van der Waals surface area contributed by atoms with Crippen LogP contribution in [-0.2, 0) is 19.6 Å². The molecule has 0 aliphatic carbocycles. The van der Waals surface area contributed by atoms with E-state index in [0.717, 1.165) is 0 Å². The largest absolute Gasteiger partial charge is 0.497 e. The van der Waals surface area contributed by atoms with Gasteiger partial charge < -0.3 is 9.47 Å². The molecule has 0 radical (unpaired) electrons. The molecular weight excluding hydrogens is 366 g/mol. The Bertz CT molecular complexity index is 936. The fraction of sp³-hybridized carbons (Fsp3) is 0.250. The van der Waals surface area contributed by atoms with Gasteiger partial charge in [0.05, 0.1) is 30.7 Å². The average molecular weight is 387 g/mol. The van der Waals surface area contributed by atoms with Crippen molar-refractivity contribution in [1.29, 1.82) is 0 Å². The molecule has 0 N–H and O–H groups in total. The first-order valence-electron chi connectivity index (χ1n) is 8.48. The molecule has 0 aromatic heterocycles. The molecule has 1 heterocycles. The molecule has 3 rings (SSSR count). The van der Waals surface area contributed by atoms with Gasteiger partial charge in [-0.05, 0) is 36.2 Å². The lowest BCUT2D eigenvalue weighted by Crippen LogP contribution is -2.40. The number of methoxy groups -OCH3 is 2. The molecule has 142 valence electrons. The molecule has 1 atom stereocenters. The number of ether oxygens (including phenoxy) is 2. The molecule has 1 unspecified atom stereocenters. The number of nitrogens with zero attached hydrogens (tertiary/aromatic N) is 1. The number of benzene rings is 2. The van der Waals surface area contributed by atoms with E-state index in [1.165, 1.54) is 11.4 Å². The third kappa shape index (κ3) is 3.74. The minimum Gasteiger partial charge on any atom is -0.497 e. The number of carbonyl (C=O) groups excluding carboxylic acids is 1. The fourth-order valence-corrected chi connectivity index (χ4v) is 4.81. The summed E-state index contributed by atoms with van der Waals surface area (Å²) in [5.74, 6) is 0.111. The molecule has 7 heteroatoms. The Hall–Kier alpha value is -2.64. The second-order valence-electron chi connectivity index (χ2n) is 6.04. The monoisotopic (exact) mass is 387 g/mol. The summed E-state index contributed by atoms with van der Waals surface area (Å²) in [6, 6.07) is 14.5. The number of hydrogen-bond donors (Lipinski definition) is 0. The van der Waals surface area contributed by atoms with Crippen LogP contribution in [0.5, 0.6) is 5.75 Å². The van der Waals surface area contributed by atoms with Gasteiger partial charge in [-0.1, -0.05) is 36.4 Å². The second kappa shape index (κ2) is 7.94. The molecule has 0 spiro atoms. The van der Waals surface area contributed by atoms with Crippen LogP contribution in [0.2, 0.25) is 0 Å². The predicted octanol–water partition coefficient (Wildman–Crippen LogP) is 2.93. The predicted molar refractivity (Wildman–Crippen MR) is 101 cm³/mol. The van der Waals surface area contributed by atoms with Crippen LogP contribution in [0, 0.1) is 0 Å². The third-order valence-electron chi connectivity index (χ3n) is 4.50. The lowest BCUT2D eigenvalue weighted by Gasteiger charge is -2.35. The highest BCUT2D eigenvalue weighted by atomic mass is 32.2. The average Bonchev–Trinajstić information content (AvgIpc) is 2.73. The van der Waals surface area contributed by atoms with Crippen LogP contribution in [0.1, 0.15) is 18.0 Å². The summed E-state index contributed by atoms with van der Waals surface area (Å²) >= 11 is 0. The molecule has 2 aromatic carbocycles. The maximum absolute atomic E-state index is 13.3. The summed E-state index contributed by atoms with van der Waals surface area (Å²) < 4.78 is 38.0. The summed E-state index contributed by atoms with van der Waals surface area (Å²) in [5.41, 5.74) is 0.986. The molecular formula is C20H21NO5S. The summed E-state index contributed by atoms with van der Waals surface area (Å²) in [6.45, 7) is 0.272. The molecule has 2 aromatic rings. The van der Waals surface area contributed by atoms with Crippen LogP contribution >= 0.6 is 0 Å². The standard InChI is InChI=1S/C20H21NO5S/c1-25-16-12-10-15(11-13-16)19-18(20(22)26-2)9-6-14-21(19)27(23,24)17-7-4-3-5-8-17/h3-5,7-13,19H,6,14H2,1-2H3. The van der Waals surface area contributed by atoms with Crippen molar-refractivity contribution < 1.29 is 22.7 Å². The highest BCUT2D eigenvalue weighted by molar-refractivity contribution is 7.89. The van der Waals surface area contributed by atoms with Crippen LogP contribution in [0.15, 0.2) is 71.1 Å². The summed E-state index contributed by atoms with van der Waals surface area (Å²) in [6.07, 6.45) is 2.18. The van der Waals surface area contributed by atoms with E-state index in [1.54, 1.807) is 67.8 Å². The first kappa shape index (κ1) is 19.1. The Morgan fingerprint density at radius 2 is 1.70 bits per heavy atom. The Labute approximate surface area is 159 Å². The topological polar surface area (TPSA) is 72.9 Å². The minimum absolute atomic E-state index is 0.189. The number of carbonyl (C=O) groups is 1. The van der Waals surface area contributed by atoms with E-state index in [0.29, 0.717) is 23.3 Å². The zero-order valence-corrected chi connectivity index (χ0v) is 16.0. The van der Waals surface area contributed by atoms with Crippen molar-refractivity contribution in [2.45, 2.75) is 17.4 Å². The Balaban J connectivity index is 2.11. The van der Waals surface area contributed by atoms with Gasteiger partial charge in [-0.3, -0.25) is 0 Å². The van der Waals surface area contributed by atoms with Crippen LogP contribution in [0.3, 0.4) is 0 Å². The summed E-state index contributed by atoms with van der Waals surface area (Å²) in [5, 5.41) is 0. The van der Waals surface area contributed by atoms with Crippen LogP contribution in [-0.4, -0.2) is 39.5 Å². The van der Waals surface area contributed by atoms with Crippen LogP contribution in [0.4, 0.5) is 0 Å². The van der Waals surface area contributed by atoms with E-state index in [1.807, 2.05) is 0 Å². The molecule has 0 saturated heterocycles. The van der Waals surface area contributed by atoms with Crippen molar-refractivity contribution in [1.82, 2.24) is 4.31 Å². The van der Waals surface area contributed by atoms with Gasteiger partial charge in [-0.25, -0.2) is 13.2 Å². The van der Waals surface area contributed by atoms with E-state index in [4.69, 9.17) is 9.47 Å². The van der Waals surface area contributed by atoms with Gasteiger partial charge >= 0.3 is 5.97 Å². The van der Waals surface area contributed by atoms with Crippen molar-refractivity contribution in [3.8, 4) is 5.75 Å². The van der Waals surface area contributed by atoms with Crippen molar-refractivity contribution >= 4 is 16.0 Å². The zero-order chi connectivity index (χ0) is 19.4. The van der Waals surface area contributed by atoms with Crippen LogP contribution in [0.25, 0.3) is 0 Å². The quantitative estimate of drug-likeness (QED) is 0.738. The van der Waals surface area contributed by atoms with E-state index in [-0.39, 0.29) is 11.4 Å². The molecule has 0 fully saturated rings. The maximum Gasteiger partial charge on any atom is 0.335 e. The number of sulfonamides is 1. The highest BCUT2D eigenvalue weighted by Crippen LogP contribution is 2.37. The van der Waals surface area contributed by atoms with Gasteiger partial charge in [0.1, 0.15) is 5.75 Å². The van der Waals surface area contributed by atoms with Gasteiger partial charge in [-0.15, -0.1) is 0 Å². The van der Waals surface area contributed by atoms with Gasteiger partial charge in [0.15, 0.2) is 0 Å². The second-order valence-corrected chi connectivity index (χ2v) is 7.93. The van der Waals surface area contributed by atoms with Gasteiger partial charge in [0.25, 0.3) is 0 Å². The SMILES string of the molecule is COC(=O)C1=CCCN(S(=O)(=O)c2ccccc2)C1c1ccc(OC)cc1. The maximum atomic E-state index is 13.3. The van der Waals surface area contributed by atoms with Crippen molar-refractivity contribution in [3.05, 3.63) is 71.8 Å². The summed E-state index contributed by atoms with van der Waals surface area (Å²) in [4.78, 5) is 12.5. The minimum atomic E-state index is -3.80. The molecule has 1 aliphatic heterocycles. The first-order chi connectivity index (χ1) is 13.0. The van der Waals surface area contributed by atoms with E-state index in [2.05, 4.69) is 0 Å². The molecule has 6 nitrogen and oxygen atoms in total. The Morgan fingerprint density at radius 1 is 1.04 bits per heavy atom. The van der Waals surface area contributed by atoms with E-state index >= 15 is 0 Å². The number of hydrogen-bond acceptors (Lipinski definition) is 5. The number of rotatable bonds is 5. The third-order valence-corrected chi connectivity index (χ3v) is 6.38. The molecule has 27 heavy (non-hydrogen) atoms. The fourth-order valence-electron chi connectivity index (χ4n) is 3.17. The van der Waals surface area contributed by atoms with Crippen LogP contribution < -0.4 is 4.74 Å². The highest BCUT2D eigenvalue weighted by Gasteiger charge is 2.39. The lowest BCUT2D eigenvalue weighted by atomic mass is 9.95. The van der Waals surface area contributed by atoms with E-state index in [9.17, 15) is 13.2 Å². The molecule has 1 aliphatic rings. The zero-order valence-electron chi connectivity index (χ0n) is 15.2. The van der Waals surface area contributed by atoms with Gasteiger partial charge in [0.2, 0.25) is 10.0 Å². The molecule has 0 bridgehead atoms. The van der Waals surface area contributed by atoms with Crippen molar-refractivity contribution in [3.63, 3.8) is 0 Å². The Kier molecular flexibility index (Phi) is 5.62.